The fourth-order valence-electron chi connectivity index (χ4n) is 3.16. The van der Waals surface area contributed by atoms with E-state index in [1.807, 2.05) is 6.07 Å². The Morgan fingerprint density at radius 1 is 1.10 bits per heavy atom. The molecular formula is C19H31NO. The van der Waals surface area contributed by atoms with Gasteiger partial charge in [0.05, 0.1) is 6.10 Å². The molecule has 0 heterocycles. The second-order valence-electron chi connectivity index (χ2n) is 6.73. The Kier molecular flexibility index (Phi) is 6.56. The first-order chi connectivity index (χ1) is 10.1. The van der Waals surface area contributed by atoms with Gasteiger partial charge in [-0.25, -0.2) is 0 Å². The molecule has 0 amide bonds. The van der Waals surface area contributed by atoms with Crippen LogP contribution in [0.2, 0.25) is 0 Å². The van der Waals surface area contributed by atoms with Gasteiger partial charge in [0.15, 0.2) is 0 Å². The summed E-state index contributed by atoms with van der Waals surface area (Å²) in [5.74, 6) is 1.84. The molecule has 2 nitrogen and oxygen atoms in total. The molecule has 1 fully saturated rings. The number of hydrogen-bond acceptors (Lipinski definition) is 2. The van der Waals surface area contributed by atoms with Crippen LogP contribution in [0.4, 0.5) is 0 Å². The molecule has 118 valence electrons. The summed E-state index contributed by atoms with van der Waals surface area (Å²) in [6, 6.07) is 8.89. The summed E-state index contributed by atoms with van der Waals surface area (Å²) < 4.78 is 5.79. The van der Waals surface area contributed by atoms with Crippen molar-refractivity contribution < 1.29 is 4.74 Å². The predicted molar refractivity (Wildman–Crippen MR) is 89.8 cm³/mol. The minimum atomic E-state index is 0.231. The SMILES string of the molecule is CC(C)Oc1cccc(C(C)NCC2CCCCCC2)c1. The highest BCUT2D eigenvalue weighted by atomic mass is 16.5. The van der Waals surface area contributed by atoms with Crippen molar-refractivity contribution in [1.82, 2.24) is 5.32 Å². The minimum absolute atomic E-state index is 0.231. The maximum atomic E-state index is 5.79. The summed E-state index contributed by atoms with van der Waals surface area (Å²) >= 11 is 0. The van der Waals surface area contributed by atoms with Crippen molar-refractivity contribution in [1.29, 1.82) is 0 Å². The molecule has 2 rings (SSSR count). The van der Waals surface area contributed by atoms with Crippen molar-refractivity contribution in [2.75, 3.05) is 6.54 Å². The molecule has 1 aromatic carbocycles. The van der Waals surface area contributed by atoms with E-state index < -0.39 is 0 Å². The third kappa shape index (κ3) is 5.70. The lowest BCUT2D eigenvalue weighted by molar-refractivity contribution is 0.242. The molecule has 1 N–H and O–H groups in total. The molecule has 0 saturated heterocycles. The van der Waals surface area contributed by atoms with Gasteiger partial charge in [0.1, 0.15) is 5.75 Å². The Hall–Kier alpha value is -1.02. The molecule has 0 aromatic heterocycles. The van der Waals surface area contributed by atoms with E-state index in [2.05, 4.69) is 44.3 Å². The first kappa shape index (κ1) is 16.4. The Morgan fingerprint density at radius 3 is 2.48 bits per heavy atom. The van der Waals surface area contributed by atoms with Crippen LogP contribution in [0.3, 0.4) is 0 Å². The largest absolute Gasteiger partial charge is 0.491 e. The molecule has 0 aliphatic heterocycles. The average molecular weight is 289 g/mol. The molecular weight excluding hydrogens is 258 g/mol. The van der Waals surface area contributed by atoms with E-state index in [4.69, 9.17) is 4.74 Å². The lowest BCUT2D eigenvalue weighted by atomic mass is 9.99. The summed E-state index contributed by atoms with van der Waals surface area (Å²) in [6.07, 6.45) is 8.72. The molecule has 1 aromatic rings. The van der Waals surface area contributed by atoms with Gasteiger partial charge >= 0.3 is 0 Å². The van der Waals surface area contributed by atoms with Crippen LogP contribution in [0.1, 0.15) is 70.9 Å². The second kappa shape index (κ2) is 8.43. The van der Waals surface area contributed by atoms with E-state index in [1.54, 1.807) is 0 Å². The Balaban J connectivity index is 1.85. The van der Waals surface area contributed by atoms with Crippen LogP contribution in [0.5, 0.6) is 5.75 Å². The van der Waals surface area contributed by atoms with Crippen LogP contribution in [0, 0.1) is 5.92 Å². The van der Waals surface area contributed by atoms with Crippen molar-refractivity contribution in [2.24, 2.45) is 5.92 Å². The third-order valence-electron chi connectivity index (χ3n) is 4.42. The Bertz CT molecular complexity index is 408. The van der Waals surface area contributed by atoms with Crippen molar-refractivity contribution >= 4 is 0 Å². The van der Waals surface area contributed by atoms with E-state index in [9.17, 15) is 0 Å². The van der Waals surface area contributed by atoms with Crippen LogP contribution >= 0.6 is 0 Å². The lowest BCUT2D eigenvalue weighted by Crippen LogP contribution is -2.25. The standard InChI is InChI=1S/C19H31NO/c1-15(2)21-19-12-8-11-18(13-19)16(3)20-14-17-9-6-4-5-7-10-17/h8,11-13,15-17,20H,4-7,9-10,14H2,1-3H3. The zero-order chi connectivity index (χ0) is 15.1. The highest BCUT2D eigenvalue weighted by molar-refractivity contribution is 5.30. The zero-order valence-electron chi connectivity index (χ0n) is 13.9. The summed E-state index contributed by atoms with van der Waals surface area (Å²) in [5, 5.41) is 3.72. The first-order valence-electron chi connectivity index (χ1n) is 8.65. The topological polar surface area (TPSA) is 21.3 Å². The fourth-order valence-corrected chi connectivity index (χ4v) is 3.16. The number of nitrogens with one attached hydrogen (secondary N) is 1. The number of ether oxygens (including phenoxy) is 1. The third-order valence-corrected chi connectivity index (χ3v) is 4.42. The van der Waals surface area contributed by atoms with Crippen LogP contribution in [-0.4, -0.2) is 12.6 Å². The highest BCUT2D eigenvalue weighted by Crippen LogP contribution is 2.24. The van der Waals surface area contributed by atoms with Gasteiger partial charge in [-0.15, -0.1) is 0 Å². The van der Waals surface area contributed by atoms with Crippen molar-refractivity contribution in [3.63, 3.8) is 0 Å². The van der Waals surface area contributed by atoms with Gasteiger partial charge in [-0.3, -0.25) is 0 Å². The molecule has 1 aliphatic rings. The molecule has 0 radical (unpaired) electrons. The predicted octanol–water partition coefficient (Wildman–Crippen LogP) is 5.09. The average Bonchev–Trinajstić information content (AvgIpc) is 2.73. The molecule has 1 atom stereocenters. The summed E-state index contributed by atoms with van der Waals surface area (Å²) in [4.78, 5) is 0. The minimum Gasteiger partial charge on any atom is -0.491 e. The summed E-state index contributed by atoms with van der Waals surface area (Å²) in [7, 11) is 0. The maximum absolute atomic E-state index is 5.79. The van der Waals surface area contributed by atoms with Crippen LogP contribution in [0.25, 0.3) is 0 Å². The molecule has 0 bridgehead atoms. The second-order valence-corrected chi connectivity index (χ2v) is 6.73. The smallest absolute Gasteiger partial charge is 0.120 e. The molecule has 1 unspecified atom stereocenters. The van der Waals surface area contributed by atoms with Gasteiger partial charge in [-0.1, -0.05) is 37.8 Å². The number of benzene rings is 1. The molecule has 21 heavy (non-hydrogen) atoms. The number of rotatable bonds is 6. The highest BCUT2D eigenvalue weighted by Gasteiger charge is 2.14. The van der Waals surface area contributed by atoms with Crippen molar-refractivity contribution in [3.05, 3.63) is 29.8 Å². The maximum Gasteiger partial charge on any atom is 0.120 e. The van der Waals surface area contributed by atoms with Gasteiger partial charge in [-0.05, 0) is 63.8 Å². The van der Waals surface area contributed by atoms with E-state index in [0.29, 0.717) is 6.04 Å². The fraction of sp³-hybridized carbons (Fsp3) is 0.684. The normalized spacial score (nSPS) is 18.5. The van der Waals surface area contributed by atoms with E-state index in [-0.39, 0.29) is 6.10 Å². The first-order valence-corrected chi connectivity index (χ1v) is 8.65. The van der Waals surface area contributed by atoms with Gasteiger partial charge in [0.2, 0.25) is 0 Å². The van der Waals surface area contributed by atoms with Gasteiger partial charge < -0.3 is 10.1 Å². The summed E-state index contributed by atoms with van der Waals surface area (Å²) in [5.41, 5.74) is 1.32. The molecule has 0 spiro atoms. The molecule has 2 heteroatoms. The summed E-state index contributed by atoms with van der Waals surface area (Å²) in [6.45, 7) is 7.54. The monoisotopic (exact) mass is 289 g/mol. The van der Waals surface area contributed by atoms with Crippen LogP contribution in [-0.2, 0) is 0 Å². The van der Waals surface area contributed by atoms with Crippen molar-refractivity contribution in [3.8, 4) is 5.75 Å². The molecule has 1 aliphatic carbocycles. The van der Waals surface area contributed by atoms with Crippen LogP contribution in [0.15, 0.2) is 24.3 Å². The molecule has 1 saturated carbocycles. The van der Waals surface area contributed by atoms with Gasteiger partial charge in [0.25, 0.3) is 0 Å². The van der Waals surface area contributed by atoms with E-state index in [1.165, 1.54) is 44.1 Å². The van der Waals surface area contributed by atoms with Crippen LogP contribution < -0.4 is 10.1 Å². The zero-order valence-corrected chi connectivity index (χ0v) is 13.9. The Labute approximate surface area is 130 Å². The van der Waals surface area contributed by atoms with E-state index in [0.717, 1.165) is 18.2 Å². The van der Waals surface area contributed by atoms with Gasteiger partial charge in [0, 0.05) is 6.04 Å². The number of hydrogen-bond donors (Lipinski definition) is 1. The quantitative estimate of drug-likeness (QED) is 0.736. The van der Waals surface area contributed by atoms with Gasteiger partial charge in [-0.2, -0.15) is 0 Å². The lowest BCUT2D eigenvalue weighted by Gasteiger charge is -2.20. The Morgan fingerprint density at radius 2 is 1.81 bits per heavy atom. The van der Waals surface area contributed by atoms with E-state index >= 15 is 0 Å². The van der Waals surface area contributed by atoms with Crippen molar-refractivity contribution in [2.45, 2.75) is 71.4 Å².